The zero-order valence-electron chi connectivity index (χ0n) is 16.0. The van der Waals surface area contributed by atoms with E-state index in [0.29, 0.717) is 30.1 Å². The summed E-state index contributed by atoms with van der Waals surface area (Å²) in [5.41, 5.74) is 10.0. The van der Waals surface area contributed by atoms with Gasteiger partial charge in [-0.15, -0.1) is 5.10 Å². The van der Waals surface area contributed by atoms with Crippen molar-refractivity contribution in [2.24, 2.45) is 5.73 Å². The number of hydrogen-bond acceptors (Lipinski definition) is 6. The van der Waals surface area contributed by atoms with Gasteiger partial charge in [-0.2, -0.15) is 0 Å². The topological polar surface area (TPSA) is 110 Å². The molecule has 0 radical (unpaired) electrons. The maximum atomic E-state index is 12.9. The summed E-state index contributed by atoms with van der Waals surface area (Å²) in [6, 6.07) is 7.32. The molecule has 1 aromatic carbocycles. The first-order valence-corrected chi connectivity index (χ1v) is 9.08. The Morgan fingerprint density at radius 1 is 1.25 bits per heavy atom. The van der Waals surface area contributed by atoms with E-state index in [4.69, 9.17) is 10.2 Å². The Hall–Kier alpha value is -3.39. The lowest BCUT2D eigenvalue weighted by Gasteiger charge is -2.08. The lowest BCUT2D eigenvalue weighted by Crippen LogP contribution is -2.15. The van der Waals surface area contributed by atoms with Crippen LogP contribution >= 0.6 is 0 Å². The van der Waals surface area contributed by atoms with Crippen LogP contribution in [0.4, 0.5) is 11.5 Å². The van der Waals surface area contributed by atoms with Gasteiger partial charge >= 0.3 is 0 Å². The number of nitrogens with two attached hydrogens (primary N) is 1. The molecule has 4 N–H and O–H groups in total. The van der Waals surface area contributed by atoms with Crippen LogP contribution in [0.2, 0.25) is 0 Å². The molecule has 0 saturated heterocycles. The van der Waals surface area contributed by atoms with Crippen LogP contribution in [0, 0.1) is 20.8 Å². The largest absolute Gasteiger partial charge is 0.460 e. The number of hydrogen-bond donors (Lipinski definition) is 3. The number of anilines is 2. The van der Waals surface area contributed by atoms with Gasteiger partial charge in [-0.25, -0.2) is 4.52 Å². The predicted molar refractivity (Wildman–Crippen MR) is 109 cm³/mol. The zero-order valence-corrected chi connectivity index (χ0v) is 16.0. The number of rotatable bonds is 5. The molecule has 28 heavy (non-hydrogen) atoms. The first-order valence-electron chi connectivity index (χ1n) is 9.08. The fourth-order valence-electron chi connectivity index (χ4n) is 3.32. The Morgan fingerprint density at radius 3 is 2.86 bits per heavy atom. The molecule has 0 fully saturated rings. The van der Waals surface area contributed by atoms with Gasteiger partial charge in [-0.3, -0.25) is 9.78 Å². The van der Waals surface area contributed by atoms with Crippen molar-refractivity contribution in [3.05, 3.63) is 53.2 Å². The van der Waals surface area contributed by atoms with Gasteiger partial charge in [0.05, 0.1) is 28.7 Å². The highest BCUT2D eigenvalue weighted by Crippen LogP contribution is 2.30. The third kappa shape index (κ3) is 3.18. The van der Waals surface area contributed by atoms with Crippen molar-refractivity contribution in [1.82, 2.24) is 14.6 Å². The van der Waals surface area contributed by atoms with Crippen LogP contribution in [0.5, 0.6) is 0 Å². The van der Waals surface area contributed by atoms with Crippen molar-refractivity contribution in [3.8, 4) is 0 Å². The monoisotopic (exact) mass is 378 g/mol. The highest BCUT2D eigenvalue weighted by atomic mass is 16.3. The summed E-state index contributed by atoms with van der Waals surface area (Å²) in [6.07, 6.45) is 1.82. The van der Waals surface area contributed by atoms with Crippen molar-refractivity contribution in [2.75, 3.05) is 23.7 Å². The Balaban J connectivity index is 1.68. The smallest absolute Gasteiger partial charge is 0.260 e. The fraction of sp³-hybridized carbons (Fsp3) is 0.250. The number of carbonyl (C=O) groups excluding carboxylic acids is 1. The number of amides is 1. The van der Waals surface area contributed by atoms with Crippen molar-refractivity contribution < 1.29 is 9.21 Å². The van der Waals surface area contributed by atoms with Gasteiger partial charge in [0.2, 0.25) is 0 Å². The van der Waals surface area contributed by atoms with E-state index in [1.807, 2.05) is 39.1 Å². The Labute approximate surface area is 161 Å². The van der Waals surface area contributed by atoms with Crippen LogP contribution in [0.1, 0.15) is 27.5 Å². The first kappa shape index (κ1) is 18.0. The summed E-state index contributed by atoms with van der Waals surface area (Å²) in [4.78, 5) is 17.3. The fourth-order valence-corrected chi connectivity index (χ4v) is 3.32. The minimum Gasteiger partial charge on any atom is -0.460 e. The SMILES string of the molecule is Cc1cn2nc(NC(=O)c3ccc(NCCN)c4cc(C)oc34)cc2c(C)n1. The van der Waals surface area contributed by atoms with Crippen LogP contribution < -0.4 is 16.4 Å². The number of carbonyl (C=O) groups is 1. The van der Waals surface area contributed by atoms with Gasteiger partial charge in [0.15, 0.2) is 5.82 Å². The van der Waals surface area contributed by atoms with E-state index in [1.165, 1.54) is 0 Å². The molecule has 0 spiro atoms. The number of furan rings is 1. The molecule has 0 bridgehead atoms. The predicted octanol–water partition coefficient (Wildman–Crippen LogP) is 3.02. The van der Waals surface area contributed by atoms with Gasteiger partial charge in [-0.05, 0) is 39.0 Å². The van der Waals surface area contributed by atoms with Gasteiger partial charge in [0, 0.05) is 30.2 Å². The van der Waals surface area contributed by atoms with Crippen LogP contribution in [-0.2, 0) is 0 Å². The minimum absolute atomic E-state index is 0.282. The molecule has 144 valence electrons. The van der Waals surface area contributed by atoms with Crippen molar-refractivity contribution in [2.45, 2.75) is 20.8 Å². The molecule has 0 unspecified atom stereocenters. The third-order valence-corrected chi connectivity index (χ3v) is 4.51. The molecule has 0 aliphatic heterocycles. The maximum Gasteiger partial charge on any atom is 0.260 e. The molecule has 0 atom stereocenters. The van der Waals surface area contributed by atoms with Crippen molar-refractivity contribution in [1.29, 1.82) is 0 Å². The highest BCUT2D eigenvalue weighted by Gasteiger charge is 2.18. The normalized spacial score (nSPS) is 11.3. The number of aryl methyl sites for hydroxylation is 3. The molecule has 3 aromatic heterocycles. The first-order chi connectivity index (χ1) is 13.5. The van der Waals surface area contributed by atoms with Crippen LogP contribution in [-0.4, -0.2) is 33.6 Å². The molecule has 3 heterocycles. The molecule has 0 saturated carbocycles. The van der Waals surface area contributed by atoms with Gasteiger partial charge in [-0.1, -0.05) is 0 Å². The van der Waals surface area contributed by atoms with Gasteiger partial charge in [0.25, 0.3) is 5.91 Å². The van der Waals surface area contributed by atoms with E-state index < -0.39 is 0 Å². The summed E-state index contributed by atoms with van der Waals surface area (Å²) in [6.45, 7) is 6.83. The van der Waals surface area contributed by atoms with E-state index in [2.05, 4.69) is 20.7 Å². The molecule has 8 nitrogen and oxygen atoms in total. The Kier molecular flexibility index (Phi) is 4.48. The van der Waals surface area contributed by atoms with Gasteiger partial charge in [0.1, 0.15) is 11.3 Å². The summed E-state index contributed by atoms with van der Waals surface area (Å²) < 4.78 is 7.53. The van der Waals surface area contributed by atoms with Crippen molar-refractivity contribution in [3.63, 3.8) is 0 Å². The molecular weight excluding hydrogens is 356 g/mol. The number of benzene rings is 1. The summed E-state index contributed by atoms with van der Waals surface area (Å²) >= 11 is 0. The second kappa shape index (κ2) is 6.97. The van der Waals surface area contributed by atoms with E-state index in [0.717, 1.165) is 33.7 Å². The number of nitrogens with zero attached hydrogens (tertiary/aromatic N) is 3. The molecule has 4 aromatic rings. The standard InChI is InChI=1S/C20H22N6O2/c1-11-10-26-17(13(3)23-11)9-18(25-26)24-20(27)14-4-5-16(22-7-6-21)15-8-12(2)28-19(14)15/h4-5,8-10,22H,6-7,21H2,1-3H3,(H,24,25,27). The summed E-state index contributed by atoms with van der Waals surface area (Å²) in [5, 5.41) is 11.4. The summed E-state index contributed by atoms with van der Waals surface area (Å²) in [5.74, 6) is 0.911. The van der Waals surface area contributed by atoms with Crippen molar-refractivity contribution >= 4 is 33.9 Å². The lowest BCUT2D eigenvalue weighted by atomic mass is 10.1. The average Bonchev–Trinajstić information content (AvgIpc) is 3.22. The Bertz CT molecular complexity index is 1190. The minimum atomic E-state index is -0.282. The van der Waals surface area contributed by atoms with E-state index in [-0.39, 0.29) is 5.91 Å². The van der Waals surface area contributed by atoms with Crippen LogP contribution in [0.25, 0.3) is 16.5 Å². The van der Waals surface area contributed by atoms with Crippen LogP contribution in [0.15, 0.2) is 34.9 Å². The third-order valence-electron chi connectivity index (χ3n) is 4.51. The van der Waals surface area contributed by atoms with Crippen LogP contribution in [0.3, 0.4) is 0 Å². The second-order valence-corrected chi connectivity index (χ2v) is 6.76. The van der Waals surface area contributed by atoms with E-state index in [1.54, 1.807) is 16.6 Å². The highest BCUT2D eigenvalue weighted by molar-refractivity contribution is 6.13. The quantitative estimate of drug-likeness (QED) is 0.492. The molecule has 1 amide bonds. The van der Waals surface area contributed by atoms with E-state index >= 15 is 0 Å². The second-order valence-electron chi connectivity index (χ2n) is 6.76. The summed E-state index contributed by atoms with van der Waals surface area (Å²) in [7, 11) is 0. The maximum absolute atomic E-state index is 12.9. The number of nitrogens with one attached hydrogen (secondary N) is 2. The number of aromatic nitrogens is 3. The number of fused-ring (bicyclic) bond motifs is 2. The molecule has 4 rings (SSSR count). The average molecular weight is 378 g/mol. The molecule has 0 aliphatic rings. The Morgan fingerprint density at radius 2 is 2.07 bits per heavy atom. The zero-order chi connectivity index (χ0) is 19.8. The molecule has 8 heteroatoms. The van der Waals surface area contributed by atoms with Gasteiger partial charge < -0.3 is 20.8 Å². The molecule has 0 aliphatic carbocycles. The molecular formula is C20H22N6O2. The lowest BCUT2D eigenvalue weighted by molar-refractivity contribution is 0.102. The van der Waals surface area contributed by atoms with E-state index in [9.17, 15) is 4.79 Å².